The number of halogens is 1. The van der Waals surface area contributed by atoms with Gasteiger partial charge in [0.1, 0.15) is 11.5 Å². The zero-order valence-corrected chi connectivity index (χ0v) is 15.3. The molecule has 0 radical (unpaired) electrons. The number of hydrogen-bond acceptors (Lipinski definition) is 4. The number of carboxylic acids is 1. The maximum atomic E-state index is 12.4. The monoisotopic (exact) mass is 420 g/mol. The van der Waals surface area contributed by atoms with E-state index in [4.69, 9.17) is 9.52 Å². The maximum Gasteiger partial charge on any atom is 0.303 e. The van der Waals surface area contributed by atoms with Crippen LogP contribution in [0.5, 0.6) is 0 Å². The molecule has 7 nitrogen and oxygen atoms in total. The Labute approximate surface area is 158 Å². The first-order valence-corrected chi connectivity index (χ1v) is 8.57. The molecule has 8 heteroatoms. The van der Waals surface area contributed by atoms with Gasteiger partial charge in [0.15, 0.2) is 0 Å². The van der Waals surface area contributed by atoms with E-state index in [1.807, 2.05) is 0 Å². The van der Waals surface area contributed by atoms with Gasteiger partial charge in [0, 0.05) is 29.1 Å². The lowest BCUT2D eigenvalue weighted by Crippen LogP contribution is -2.35. The minimum absolute atomic E-state index is 0.00296. The summed E-state index contributed by atoms with van der Waals surface area (Å²) in [4.78, 5) is 35.2. The van der Waals surface area contributed by atoms with Crippen LogP contribution in [0.15, 0.2) is 57.2 Å². The minimum atomic E-state index is -0.936. The molecular weight excluding hydrogens is 404 g/mol. The fraction of sp³-hybridized carbons (Fsp3) is 0.167. The molecule has 0 aliphatic rings. The number of nitrogens with one attached hydrogen (secondary N) is 2. The molecule has 0 saturated carbocycles. The molecule has 2 amide bonds. The van der Waals surface area contributed by atoms with Gasteiger partial charge < -0.3 is 20.2 Å². The van der Waals surface area contributed by atoms with Gasteiger partial charge in [-0.25, -0.2) is 0 Å². The smallest absolute Gasteiger partial charge is 0.303 e. The highest BCUT2D eigenvalue weighted by Crippen LogP contribution is 2.12. The van der Waals surface area contributed by atoms with Crippen molar-refractivity contribution in [1.29, 1.82) is 0 Å². The summed E-state index contributed by atoms with van der Waals surface area (Å²) in [5.74, 6) is -1.51. The van der Waals surface area contributed by atoms with Gasteiger partial charge in [-0.2, -0.15) is 0 Å². The van der Waals surface area contributed by atoms with E-state index >= 15 is 0 Å². The van der Waals surface area contributed by atoms with Crippen LogP contribution >= 0.6 is 15.9 Å². The molecule has 26 heavy (non-hydrogen) atoms. The highest BCUT2D eigenvalue weighted by molar-refractivity contribution is 9.10. The first-order valence-electron chi connectivity index (χ1n) is 7.78. The number of benzene rings is 1. The van der Waals surface area contributed by atoms with Crippen LogP contribution in [0.1, 0.15) is 29.0 Å². The predicted molar refractivity (Wildman–Crippen MR) is 98.2 cm³/mol. The highest BCUT2D eigenvalue weighted by atomic mass is 79.9. The SMILES string of the molecule is O=C(O)CCCNC(=O)/C(=C\c1ccco1)NC(=O)c1ccc(Br)cc1. The molecule has 1 aromatic carbocycles. The van der Waals surface area contributed by atoms with E-state index in [0.29, 0.717) is 11.3 Å². The normalized spacial score (nSPS) is 11.0. The second-order valence-electron chi connectivity index (χ2n) is 5.29. The maximum absolute atomic E-state index is 12.4. The fourth-order valence-corrected chi connectivity index (χ4v) is 2.27. The number of rotatable bonds is 8. The molecule has 1 heterocycles. The Bertz CT molecular complexity index is 797. The van der Waals surface area contributed by atoms with Crippen molar-refractivity contribution < 1.29 is 23.9 Å². The van der Waals surface area contributed by atoms with Crippen molar-refractivity contribution in [2.45, 2.75) is 12.8 Å². The molecule has 0 fully saturated rings. The summed E-state index contributed by atoms with van der Waals surface area (Å²) in [5.41, 5.74) is 0.389. The Hall–Kier alpha value is -2.87. The Morgan fingerprint density at radius 3 is 2.50 bits per heavy atom. The summed E-state index contributed by atoms with van der Waals surface area (Å²) in [6.07, 6.45) is 3.09. The van der Waals surface area contributed by atoms with Gasteiger partial charge in [0.25, 0.3) is 11.8 Å². The van der Waals surface area contributed by atoms with E-state index in [1.54, 1.807) is 36.4 Å². The van der Waals surface area contributed by atoms with E-state index in [1.165, 1.54) is 12.3 Å². The number of hydrogen-bond donors (Lipinski definition) is 3. The van der Waals surface area contributed by atoms with E-state index in [-0.39, 0.29) is 25.1 Å². The van der Waals surface area contributed by atoms with Crippen molar-refractivity contribution in [1.82, 2.24) is 10.6 Å². The third-order valence-corrected chi connectivity index (χ3v) is 3.81. The minimum Gasteiger partial charge on any atom is -0.481 e. The van der Waals surface area contributed by atoms with Crippen LogP contribution in [0.3, 0.4) is 0 Å². The lowest BCUT2D eigenvalue weighted by Gasteiger charge is -2.10. The van der Waals surface area contributed by atoms with Crippen molar-refractivity contribution >= 4 is 39.8 Å². The first kappa shape index (κ1) is 19.5. The third kappa shape index (κ3) is 6.21. The summed E-state index contributed by atoms with van der Waals surface area (Å²) < 4.78 is 6.01. The average molecular weight is 421 g/mol. The Morgan fingerprint density at radius 2 is 1.88 bits per heavy atom. The second-order valence-corrected chi connectivity index (χ2v) is 6.20. The van der Waals surface area contributed by atoms with E-state index in [0.717, 1.165) is 4.47 Å². The number of furan rings is 1. The van der Waals surface area contributed by atoms with Gasteiger partial charge in [-0.1, -0.05) is 15.9 Å². The van der Waals surface area contributed by atoms with Crippen molar-refractivity contribution in [3.8, 4) is 0 Å². The molecule has 2 aromatic rings. The largest absolute Gasteiger partial charge is 0.481 e. The predicted octanol–water partition coefficient (Wildman–Crippen LogP) is 2.79. The molecular formula is C18H17BrN2O5. The van der Waals surface area contributed by atoms with Crippen molar-refractivity contribution in [3.05, 3.63) is 64.2 Å². The topological polar surface area (TPSA) is 109 Å². The van der Waals surface area contributed by atoms with Crippen LogP contribution in [0, 0.1) is 0 Å². The summed E-state index contributed by atoms with van der Waals surface area (Å²) in [5, 5.41) is 13.8. The number of carboxylic acid groups (broad SMARTS) is 1. The van der Waals surface area contributed by atoms with Crippen molar-refractivity contribution in [2.24, 2.45) is 0 Å². The molecule has 136 valence electrons. The van der Waals surface area contributed by atoms with Gasteiger partial charge in [-0.15, -0.1) is 0 Å². The van der Waals surface area contributed by atoms with Crippen molar-refractivity contribution in [2.75, 3.05) is 6.54 Å². The summed E-state index contributed by atoms with van der Waals surface area (Å²) in [7, 11) is 0. The van der Waals surface area contributed by atoms with Gasteiger partial charge in [-0.3, -0.25) is 14.4 Å². The second kappa shape index (κ2) is 9.57. The Kier molecular flexibility index (Phi) is 7.16. The van der Waals surface area contributed by atoms with Gasteiger partial charge in [-0.05, 0) is 42.8 Å². The third-order valence-electron chi connectivity index (χ3n) is 3.28. The fourth-order valence-electron chi connectivity index (χ4n) is 2.01. The van der Waals surface area contributed by atoms with Crippen LogP contribution in [-0.4, -0.2) is 29.4 Å². The molecule has 0 spiro atoms. The number of carbonyl (C=O) groups excluding carboxylic acids is 2. The summed E-state index contributed by atoms with van der Waals surface area (Å²) in [6.45, 7) is 0.175. The van der Waals surface area contributed by atoms with Crippen LogP contribution < -0.4 is 10.6 Å². The van der Waals surface area contributed by atoms with Gasteiger partial charge in [0.05, 0.1) is 6.26 Å². The molecule has 2 rings (SSSR count). The van der Waals surface area contributed by atoms with Gasteiger partial charge in [0.2, 0.25) is 0 Å². The van der Waals surface area contributed by atoms with Gasteiger partial charge >= 0.3 is 5.97 Å². The van der Waals surface area contributed by atoms with Crippen LogP contribution in [-0.2, 0) is 9.59 Å². The molecule has 0 aliphatic heterocycles. The average Bonchev–Trinajstić information content (AvgIpc) is 3.11. The summed E-state index contributed by atoms with van der Waals surface area (Å²) in [6, 6.07) is 9.98. The number of amides is 2. The molecule has 3 N–H and O–H groups in total. The number of carbonyl (C=O) groups is 3. The van der Waals surface area contributed by atoms with E-state index < -0.39 is 17.8 Å². The van der Waals surface area contributed by atoms with Crippen LogP contribution in [0.2, 0.25) is 0 Å². The zero-order valence-electron chi connectivity index (χ0n) is 13.7. The molecule has 0 atom stereocenters. The number of aliphatic carboxylic acids is 1. The first-order chi connectivity index (χ1) is 12.5. The highest BCUT2D eigenvalue weighted by Gasteiger charge is 2.15. The van der Waals surface area contributed by atoms with E-state index in [9.17, 15) is 14.4 Å². The van der Waals surface area contributed by atoms with E-state index in [2.05, 4.69) is 26.6 Å². The molecule has 1 aromatic heterocycles. The van der Waals surface area contributed by atoms with Crippen molar-refractivity contribution in [3.63, 3.8) is 0 Å². The zero-order chi connectivity index (χ0) is 18.9. The summed E-state index contributed by atoms with van der Waals surface area (Å²) >= 11 is 3.29. The quantitative estimate of drug-likeness (QED) is 0.449. The Morgan fingerprint density at radius 1 is 1.15 bits per heavy atom. The lowest BCUT2D eigenvalue weighted by atomic mass is 10.2. The molecule has 0 bridgehead atoms. The van der Waals surface area contributed by atoms with Crippen LogP contribution in [0.25, 0.3) is 6.08 Å². The molecule has 0 aliphatic carbocycles. The molecule has 0 unspecified atom stereocenters. The van der Waals surface area contributed by atoms with Crippen LogP contribution in [0.4, 0.5) is 0 Å². The standard InChI is InChI=1S/C18H17BrN2O5/c19-13-7-5-12(6-8-13)17(24)21-15(11-14-3-2-10-26-14)18(25)20-9-1-4-16(22)23/h2-3,5-8,10-11H,1,4,9H2,(H,20,25)(H,21,24)(H,22,23)/b15-11+. The Balaban J connectivity index is 2.08. The lowest BCUT2D eigenvalue weighted by molar-refractivity contribution is -0.137. The molecule has 0 saturated heterocycles.